The summed E-state index contributed by atoms with van der Waals surface area (Å²) in [5.41, 5.74) is 7.09. The summed E-state index contributed by atoms with van der Waals surface area (Å²) >= 11 is 6.16. The third-order valence-electron chi connectivity index (χ3n) is 6.49. The first kappa shape index (κ1) is 29.0. The van der Waals surface area contributed by atoms with Crippen LogP contribution in [-0.2, 0) is 9.53 Å². The number of pyridine rings is 1. The zero-order chi connectivity index (χ0) is 27.2. The fraction of sp³-hybridized carbons (Fsp3) is 0.567. The monoisotopic (exact) mass is 526 g/mol. The van der Waals surface area contributed by atoms with Crippen LogP contribution in [0.25, 0.3) is 5.65 Å². The number of halogens is 1. The van der Waals surface area contributed by atoms with Crippen molar-refractivity contribution < 1.29 is 9.53 Å². The van der Waals surface area contributed by atoms with Gasteiger partial charge in [-0.2, -0.15) is 0 Å². The number of nitrogens with zero attached hydrogens (tertiary/aromatic N) is 3. The Morgan fingerprint density at radius 3 is 2.49 bits per heavy atom. The third kappa shape index (κ3) is 8.74. The van der Waals surface area contributed by atoms with E-state index in [1.165, 1.54) is 61.7 Å². The van der Waals surface area contributed by atoms with E-state index in [1.807, 2.05) is 50.5 Å². The lowest BCUT2D eigenvalue weighted by atomic mass is 9.85. The molecule has 2 aromatic heterocycles. The normalized spacial score (nSPS) is 17.0. The van der Waals surface area contributed by atoms with Crippen LogP contribution in [0.3, 0.4) is 0 Å². The Hall–Kier alpha value is -2.60. The molecule has 0 amide bonds. The number of aliphatic imine (C=N–C) groups is 1. The quantitative estimate of drug-likeness (QED) is 0.283. The van der Waals surface area contributed by atoms with Crippen molar-refractivity contribution in [3.8, 4) is 0 Å². The Morgan fingerprint density at radius 1 is 1.30 bits per heavy atom. The Bertz CT molecular complexity index is 1180. The van der Waals surface area contributed by atoms with Gasteiger partial charge in [0.2, 0.25) is 0 Å². The molecule has 0 aliphatic heterocycles. The summed E-state index contributed by atoms with van der Waals surface area (Å²) in [6, 6.07) is 3.87. The zero-order valence-corrected chi connectivity index (χ0v) is 24.3. The van der Waals surface area contributed by atoms with E-state index >= 15 is 0 Å². The zero-order valence-electron chi connectivity index (χ0n) is 23.5. The minimum atomic E-state index is -0.328. The Morgan fingerprint density at radius 2 is 2.00 bits per heavy atom. The number of rotatable bonds is 8. The lowest BCUT2D eigenvalue weighted by Gasteiger charge is -2.28. The van der Waals surface area contributed by atoms with E-state index in [1.54, 1.807) is 0 Å². The highest BCUT2D eigenvalue weighted by Crippen LogP contribution is 2.36. The second-order valence-corrected chi connectivity index (χ2v) is 11.5. The van der Waals surface area contributed by atoms with E-state index in [-0.39, 0.29) is 17.5 Å². The van der Waals surface area contributed by atoms with Gasteiger partial charge in [-0.25, -0.2) is 4.98 Å². The maximum atomic E-state index is 10.2. The molecule has 4 rings (SSSR count). The minimum absolute atomic E-state index is 0.215. The number of hydrogen-bond donors (Lipinski definition) is 1. The fourth-order valence-electron chi connectivity index (χ4n) is 4.43. The predicted molar refractivity (Wildman–Crippen MR) is 153 cm³/mol. The van der Waals surface area contributed by atoms with Crippen molar-refractivity contribution in [3.05, 3.63) is 58.3 Å². The summed E-state index contributed by atoms with van der Waals surface area (Å²) in [6.45, 7) is 11.4. The maximum Gasteiger partial charge on any atom is 0.303 e. The highest BCUT2D eigenvalue weighted by atomic mass is 35.5. The number of aromatic nitrogens is 2. The van der Waals surface area contributed by atoms with Crippen molar-refractivity contribution >= 4 is 28.9 Å². The molecule has 1 unspecified atom stereocenters. The van der Waals surface area contributed by atoms with Gasteiger partial charge in [0.25, 0.3) is 0 Å². The highest BCUT2D eigenvalue weighted by Gasteiger charge is 2.27. The van der Waals surface area contributed by atoms with Crippen LogP contribution < -0.4 is 5.32 Å². The fourth-order valence-corrected chi connectivity index (χ4v) is 4.60. The lowest BCUT2D eigenvalue weighted by Crippen LogP contribution is -2.23. The number of esters is 1. The molecule has 2 heterocycles. The number of hydrogen-bond acceptors (Lipinski definition) is 5. The number of carbonyl (C=O) groups excluding carboxylic acids is 1. The maximum absolute atomic E-state index is 10.2. The van der Waals surface area contributed by atoms with E-state index < -0.39 is 0 Å². The number of allylic oxidation sites excluding steroid dienone is 4. The Kier molecular flexibility index (Phi) is 10.00. The molecule has 37 heavy (non-hydrogen) atoms. The molecule has 2 saturated carbocycles. The van der Waals surface area contributed by atoms with Gasteiger partial charge in [0.1, 0.15) is 11.2 Å². The molecular weight excluding hydrogens is 484 g/mol. The van der Waals surface area contributed by atoms with E-state index in [0.29, 0.717) is 5.92 Å². The second kappa shape index (κ2) is 12.8. The van der Waals surface area contributed by atoms with Gasteiger partial charge < -0.3 is 14.5 Å². The molecule has 1 N–H and O–H groups in total. The molecule has 1 atom stereocenters. The van der Waals surface area contributed by atoms with Crippen molar-refractivity contribution in [2.45, 2.75) is 98.0 Å². The molecule has 2 aliphatic rings. The summed E-state index contributed by atoms with van der Waals surface area (Å²) in [5.74, 6) is 0.652. The molecule has 0 aromatic carbocycles. The van der Waals surface area contributed by atoms with Crippen LogP contribution in [0.5, 0.6) is 0 Å². The molecule has 0 saturated heterocycles. The first-order valence-corrected chi connectivity index (χ1v) is 13.9. The van der Waals surface area contributed by atoms with E-state index in [9.17, 15) is 4.79 Å². The molecule has 0 spiro atoms. The Balaban J connectivity index is 0.000000414. The van der Waals surface area contributed by atoms with E-state index in [2.05, 4.69) is 36.4 Å². The number of imidazole rings is 1. The number of nitrogens with one attached hydrogen (secondary N) is 1. The molecule has 202 valence electrons. The van der Waals surface area contributed by atoms with Crippen LogP contribution in [-0.4, -0.2) is 33.7 Å². The minimum Gasteiger partial charge on any atom is -0.460 e. The molecule has 0 radical (unpaired) electrons. The van der Waals surface area contributed by atoms with Crippen molar-refractivity contribution in [2.24, 2.45) is 10.9 Å². The van der Waals surface area contributed by atoms with E-state index in [0.717, 1.165) is 29.2 Å². The standard InChI is InChI=1S/C24H31ClN4.C6H12O2/c1-4-6-20(13-21(26-3)17-9-10-17)27-24(18-7-5-8-18)16(2)22-15-29-14-19(25)11-12-23(29)28-22;1-5(7)8-6(2,3)4/h11-17,27H,4-10H2,1-3H3;1-4H3/b20-13+,26-21?;. The average molecular weight is 527 g/mol. The van der Waals surface area contributed by atoms with Crippen molar-refractivity contribution in [3.63, 3.8) is 0 Å². The topological polar surface area (TPSA) is 68.0 Å². The predicted octanol–water partition coefficient (Wildman–Crippen LogP) is 7.63. The van der Waals surface area contributed by atoms with Crippen molar-refractivity contribution in [1.82, 2.24) is 14.7 Å². The van der Waals surface area contributed by atoms with Crippen LogP contribution in [0.1, 0.15) is 98.1 Å². The number of carbonyl (C=O) groups is 1. The van der Waals surface area contributed by atoms with E-state index in [4.69, 9.17) is 21.3 Å². The number of fused-ring (bicyclic) bond motifs is 1. The van der Waals surface area contributed by atoms with Crippen LogP contribution >= 0.6 is 11.6 Å². The molecule has 6 nitrogen and oxygen atoms in total. The number of ether oxygens (including phenoxy) is 1. The summed E-state index contributed by atoms with van der Waals surface area (Å²) in [7, 11) is 1.92. The van der Waals surface area contributed by atoms with Crippen molar-refractivity contribution in [1.29, 1.82) is 0 Å². The first-order chi connectivity index (χ1) is 17.5. The second-order valence-electron chi connectivity index (χ2n) is 11.0. The van der Waals surface area contributed by atoms with Crippen LogP contribution in [0, 0.1) is 5.92 Å². The SMILES string of the molecule is CC(=O)OC(C)(C)C.CCC/C(=C\C(=NC)C1CC1)NC(=C1CCC1)C(C)c1cn2cc(Cl)ccc2n1. The Labute approximate surface area is 227 Å². The van der Waals surface area contributed by atoms with Gasteiger partial charge in [-0.05, 0) is 77.5 Å². The van der Waals surface area contributed by atoms with Gasteiger partial charge in [0.05, 0.1) is 10.7 Å². The molecule has 7 heteroatoms. The highest BCUT2D eigenvalue weighted by molar-refractivity contribution is 6.30. The molecule has 2 fully saturated rings. The van der Waals surface area contributed by atoms with Gasteiger partial charge in [-0.3, -0.25) is 9.79 Å². The van der Waals surface area contributed by atoms with Gasteiger partial charge in [0.15, 0.2) is 0 Å². The van der Waals surface area contributed by atoms with Gasteiger partial charge >= 0.3 is 5.97 Å². The molecule has 2 aromatic rings. The van der Waals surface area contributed by atoms with Crippen molar-refractivity contribution in [2.75, 3.05) is 7.05 Å². The average Bonchev–Trinajstić information content (AvgIpc) is 3.52. The van der Waals surface area contributed by atoms with Crippen LogP contribution in [0.15, 0.2) is 52.6 Å². The largest absolute Gasteiger partial charge is 0.460 e. The third-order valence-corrected chi connectivity index (χ3v) is 6.71. The summed E-state index contributed by atoms with van der Waals surface area (Å²) in [5, 5.41) is 4.57. The van der Waals surface area contributed by atoms with Gasteiger partial charge in [0, 0.05) is 55.3 Å². The smallest absolute Gasteiger partial charge is 0.303 e. The van der Waals surface area contributed by atoms with Gasteiger partial charge in [-0.1, -0.05) is 37.4 Å². The first-order valence-electron chi connectivity index (χ1n) is 13.5. The lowest BCUT2D eigenvalue weighted by molar-refractivity contribution is -0.151. The summed E-state index contributed by atoms with van der Waals surface area (Å²) in [6.07, 6.45) is 14.7. The molecule has 2 aliphatic carbocycles. The summed E-state index contributed by atoms with van der Waals surface area (Å²) in [4.78, 5) is 19.7. The summed E-state index contributed by atoms with van der Waals surface area (Å²) < 4.78 is 6.82. The van der Waals surface area contributed by atoms with Crippen LogP contribution in [0.2, 0.25) is 5.02 Å². The molecular formula is C30H43ClN4O2. The van der Waals surface area contributed by atoms with Gasteiger partial charge in [-0.15, -0.1) is 0 Å². The van der Waals surface area contributed by atoms with Crippen LogP contribution in [0.4, 0.5) is 0 Å². The molecule has 0 bridgehead atoms.